The third kappa shape index (κ3) is 4.92. The van der Waals surface area contributed by atoms with Crippen LogP contribution in [0.25, 0.3) is 0 Å². The van der Waals surface area contributed by atoms with Crippen molar-refractivity contribution >= 4 is 5.91 Å². The Morgan fingerprint density at radius 2 is 2.12 bits per heavy atom. The van der Waals surface area contributed by atoms with Crippen molar-refractivity contribution in [2.75, 3.05) is 39.8 Å². The highest BCUT2D eigenvalue weighted by Gasteiger charge is 2.19. The molecule has 5 heteroatoms. The number of carbonyl (C=O) groups is 1. The zero-order chi connectivity index (χ0) is 11.8. The molecule has 1 rings (SSSR count). The number of hydrogen-bond acceptors (Lipinski definition) is 4. The van der Waals surface area contributed by atoms with Gasteiger partial charge in [0, 0.05) is 26.2 Å². The Labute approximate surface area is 97.7 Å². The summed E-state index contributed by atoms with van der Waals surface area (Å²) in [6.45, 7) is 4.31. The minimum absolute atomic E-state index is 0.106. The van der Waals surface area contributed by atoms with Gasteiger partial charge in [0.1, 0.15) is 0 Å². The molecule has 1 fully saturated rings. The summed E-state index contributed by atoms with van der Waals surface area (Å²) in [5, 5.41) is 6.16. The normalized spacial score (nSPS) is 18.6. The van der Waals surface area contributed by atoms with Gasteiger partial charge in [-0.2, -0.15) is 0 Å². The molecule has 1 aliphatic rings. The fourth-order valence-electron chi connectivity index (χ4n) is 1.99. The highest BCUT2D eigenvalue weighted by Crippen LogP contribution is 2.09. The van der Waals surface area contributed by atoms with Crippen molar-refractivity contribution < 1.29 is 4.79 Å². The van der Waals surface area contributed by atoms with E-state index in [1.54, 1.807) is 7.05 Å². The van der Waals surface area contributed by atoms with Crippen LogP contribution < -0.4 is 16.4 Å². The molecule has 0 aromatic heterocycles. The van der Waals surface area contributed by atoms with Crippen LogP contribution in [0.4, 0.5) is 0 Å². The molecular weight excluding hydrogens is 204 g/mol. The first-order valence-corrected chi connectivity index (χ1v) is 6.12. The minimum Gasteiger partial charge on any atom is -0.358 e. The van der Waals surface area contributed by atoms with Crippen LogP contribution in [0.15, 0.2) is 0 Å². The standard InChI is InChI=1S/C11H24N4O/c1-13-11(16)9-15-7-3-10(4-8-15)14-6-2-5-12/h10,14H,2-9,12H2,1H3,(H,13,16). The average Bonchev–Trinajstić information content (AvgIpc) is 2.31. The van der Waals surface area contributed by atoms with Crippen molar-refractivity contribution in [1.82, 2.24) is 15.5 Å². The predicted octanol–water partition coefficient (Wildman–Crippen LogP) is -0.865. The van der Waals surface area contributed by atoms with Crippen LogP contribution in [0.1, 0.15) is 19.3 Å². The lowest BCUT2D eigenvalue weighted by atomic mass is 10.0. The Kier molecular flexibility index (Phi) is 6.37. The van der Waals surface area contributed by atoms with E-state index in [-0.39, 0.29) is 5.91 Å². The van der Waals surface area contributed by atoms with Crippen LogP contribution in [0, 0.1) is 0 Å². The largest absolute Gasteiger partial charge is 0.358 e. The number of amides is 1. The van der Waals surface area contributed by atoms with E-state index in [1.165, 1.54) is 0 Å². The van der Waals surface area contributed by atoms with Gasteiger partial charge in [-0.1, -0.05) is 0 Å². The molecule has 0 aromatic carbocycles. The van der Waals surface area contributed by atoms with Crippen LogP contribution in [-0.4, -0.2) is 56.6 Å². The molecule has 0 atom stereocenters. The van der Waals surface area contributed by atoms with Crippen molar-refractivity contribution in [3.05, 3.63) is 0 Å². The number of nitrogens with two attached hydrogens (primary N) is 1. The van der Waals surface area contributed by atoms with Crippen molar-refractivity contribution in [1.29, 1.82) is 0 Å². The molecule has 1 heterocycles. The van der Waals surface area contributed by atoms with Gasteiger partial charge < -0.3 is 16.4 Å². The van der Waals surface area contributed by atoms with E-state index >= 15 is 0 Å². The van der Waals surface area contributed by atoms with Crippen LogP contribution in [-0.2, 0) is 4.79 Å². The molecule has 0 spiro atoms. The molecule has 1 aliphatic heterocycles. The van der Waals surface area contributed by atoms with Crippen LogP contribution >= 0.6 is 0 Å². The van der Waals surface area contributed by atoms with Gasteiger partial charge in [-0.25, -0.2) is 0 Å². The van der Waals surface area contributed by atoms with Crippen molar-refractivity contribution in [2.45, 2.75) is 25.3 Å². The van der Waals surface area contributed by atoms with E-state index in [1.807, 2.05) is 0 Å². The van der Waals surface area contributed by atoms with Crippen molar-refractivity contribution in [3.63, 3.8) is 0 Å². The number of hydrogen-bond donors (Lipinski definition) is 3. The van der Waals surface area contributed by atoms with Gasteiger partial charge in [-0.05, 0) is 32.4 Å². The Bertz CT molecular complexity index is 202. The third-order valence-corrected chi connectivity index (χ3v) is 3.05. The Hall–Kier alpha value is -0.650. The van der Waals surface area contributed by atoms with Crippen LogP contribution in [0.3, 0.4) is 0 Å². The maximum absolute atomic E-state index is 11.2. The topological polar surface area (TPSA) is 70.4 Å². The Balaban J connectivity index is 2.11. The molecule has 0 aliphatic carbocycles. The number of rotatable bonds is 6. The van der Waals surface area contributed by atoms with Gasteiger partial charge in [0.2, 0.25) is 5.91 Å². The summed E-state index contributed by atoms with van der Waals surface area (Å²) < 4.78 is 0. The minimum atomic E-state index is 0.106. The smallest absolute Gasteiger partial charge is 0.233 e. The molecule has 0 unspecified atom stereocenters. The lowest BCUT2D eigenvalue weighted by molar-refractivity contribution is -0.122. The second-order valence-corrected chi connectivity index (χ2v) is 4.32. The van der Waals surface area contributed by atoms with E-state index < -0.39 is 0 Å². The summed E-state index contributed by atoms with van der Waals surface area (Å²) in [5.41, 5.74) is 5.44. The molecule has 0 saturated carbocycles. The van der Waals surface area contributed by atoms with Crippen molar-refractivity contribution in [2.24, 2.45) is 5.73 Å². The molecule has 1 amide bonds. The molecule has 0 radical (unpaired) electrons. The molecule has 1 saturated heterocycles. The van der Waals surface area contributed by atoms with Gasteiger partial charge in [0.05, 0.1) is 6.54 Å². The first kappa shape index (κ1) is 13.4. The van der Waals surface area contributed by atoms with Gasteiger partial charge in [0.15, 0.2) is 0 Å². The molecule has 16 heavy (non-hydrogen) atoms. The average molecular weight is 228 g/mol. The monoisotopic (exact) mass is 228 g/mol. The maximum Gasteiger partial charge on any atom is 0.233 e. The molecule has 0 aromatic rings. The molecule has 4 N–H and O–H groups in total. The first-order valence-electron chi connectivity index (χ1n) is 6.12. The lowest BCUT2D eigenvalue weighted by Gasteiger charge is -2.31. The number of piperidine rings is 1. The fraction of sp³-hybridized carbons (Fsp3) is 0.909. The number of nitrogens with one attached hydrogen (secondary N) is 2. The molecular formula is C11H24N4O. The summed E-state index contributed by atoms with van der Waals surface area (Å²) in [5.74, 6) is 0.106. The summed E-state index contributed by atoms with van der Waals surface area (Å²) in [6.07, 6.45) is 3.29. The molecule has 94 valence electrons. The maximum atomic E-state index is 11.2. The van der Waals surface area contributed by atoms with E-state index in [0.717, 1.165) is 45.4 Å². The zero-order valence-electron chi connectivity index (χ0n) is 10.2. The number of likely N-dealkylation sites (tertiary alicyclic amines) is 1. The van der Waals surface area contributed by atoms with Crippen LogP contribution in [0.2, 0.25) is 0 Å². The Morgan fingerprint density at radius 1 is 1.44 bits per heavy atom. The van der Waals surface area contributed by atoms with Crippen molar-refractivity contribution in [3.8, 4) is 0 Å². The lowest BCUT2D eigenvalue weighted by Crippen LogP contribution is -2.45. The van der Waals surface area contributed by atoms with Gasteiger partial charge in [-0.3, -0.25) is 9.69 Å². The van der Waals surface area contributed by atoms with E-state index in [2.05, 4.69) is 15.5 Å². The number of nitrogens with zero attached hydrogens (tertiary/aromatic N) is 1. The SMILES string of the molecule is CNC(=O)CN1CCC(NCCCN)CC1. The Morgan fingerprint density at radius 3 is 2.69 bits per heavy atom. The second kappa shape index (κ2) is 7.60. The van der Waals surface area contributed by atoms with E-state index in [9.17, 15) is 4.79 Å². The van der Waals surface area contributed by atoms with Gasteiger partial charge in [-0.15, -0.1) is 0 Å². The highest BCUT2D eigenvalue weighted by atomic mass is 16.1. The number of likely N-dealkylation sites (N-methyl/N-ethyl adjacent to an activating group) is 1. The van der Waals surface area contributed by atoms with Crippen LogP contribution in [0.5, 0.6) is 0 Å². The second-order valence-electron chi connectivity index (χ2n) is 4.32. The number of carbonyl (C=O) groups excluding carboxylic acids is 1. The van der Waals surface area contributed by atoms with E-state index in [0.29, 0.717) is 12.6 Å². The summed E-state index contributed by atoms with van der Waals surface area (Å²) in [4.78, 5) is 13.4. The van der Waals surface area contributed by atoms with E-state index in [4.69, 9.17) is 5.73 Å². The summed E-state index contributed by atoms with van der Waals surface area (Å²) in [6, 6.07) is 0.604. The summed E-state index contributed by atoms with van der Waals surface area (Å²) in [7, 11) is 1.68. The quantitative estimate of drug-likeness (QED) is 0.517. The fourth-order valence-corrected chi connectivity index (χ4v) is 1.99. The summed E-state index contributed by atoms with van der Waals surface area (Å²) >= 11 is 0. The highest BCUT2D eigenvalue weighted by molar-refractivity contribution is 5.77. The molecule has 5 nitrogen and oxygen atoms in total. The zero-order valence-corrected chi connectivity index (χ0v) is 10.2. The molecule has 0 bridgehead atoms. The third-order valence-electron chi connectivity index (χ3n) is 3.05. The first-order chi connectivity index (χ1) is 7.76. The van der Waals surface area contributed by atoms with Gasteiger partial charge in [0.25, 0.3) is 0 Å². The predicted molar refractivity (Wildman–Crippen MR) is 65.2 cm³/mol. The van der Waals surface area contributed by atoms with Gasteiger partial charge >= 0.3 is 0 Å².